The Morgan fingerprint density at radius 1 is 0.967 bits per heavy atom. The number of benzene rings is 2. The number of ether oxygens (including phenoxy) is 1. The van der Waals surface area contributed by atoms with E-state index < -0.39 is 0 Å². The Labute approximate surface area is 184 Å². The van der Waals surface area contributed by atoms with E-state index in [9.17, 15) is 5.11 Å². The van der Waals surface area contributed by atoms with Gasteiger partial charge in [-0.2, -0.15) is 5.26 Å². The molecule has 0 aliphatic heterocycles. The second kappa shape index (κ2) is 14.5. The van der Waals surface area contributed by atoms with E-state index in [1.54, 1.807) is 25.3 Å². The third kappa shape index (κ3) is 7.41. The summed E-state index contributed by atoms with van der Waals surface area (Å²) in [5.74, 6) is 2.70. The number of hydrogen-bond acceptors (Lipinski definition) is 3. The number of nitriles is 1. The van der Waals surface area contributed by atoms with Crippen LogP contribution in [0.25, 0.3) is 0 Å². The average Bonchev–Trinajstić information content (AvgIpc) is 2.78. The van der Waals surface area contributed by atoms with Crippen LogP contribution in [0.2, 0.25) is 0 Å². The third-order valence-electron chi connectivity index (χ3n) is 5.52. The van der Waals surface area contributed by atoms with Gasteiger partial charge in [-0.1, -0.05) is 73.6 Å². The molecule has 2 aromatic rings. The Bertz CT molecular complexity index is 768. The van der Waals surface area contributed by atoms with Crippen molar-refractivity contribution in [3.8, 4) is 17.6 Å². The number of phenols is 1. The Hall–Kier alpha value is -2.47. The van der Waals surface area contributed by atoms with Gasteiger partial charge in [0, 0.05) is 11.1 Å². The van der Waals surface area contributed by atoms with Gasteiger partial charge in [-0.05, 0) is 54.4 Å². The van der Waals surface area contributed by atoms with Crippen molar-refractivity contribution in [1.29, 1.82) is 5.26 Å². The van der Waals surface area contributed by atoms with Gasteiger partial charge < -0.3 is 9.84 Å². The van der Waals surface area contributed by atoms with Crippen LogP contribution < -0.4 is 4.74 Å². The van der Waals surface area contributed by atoms with Crippen LogP contribution in [0.5, 0.6) is 11.5 Å². The van der Waals surface area contributed by atoms with Crippen LogP contribution in [0.3, 0.4) is 0 Å². The largest absolute Gasteiger partial charge is 0.508 e. The lowest BCUT2D eigenvalue weighted by atomic mass is 9.86. The molecule has 2 rings (SSSR count). The first-order valence-corrected chi connectivity index (χ1v) is 11.2. The SMILES string of the molecule is CC.CCC(C)c1c(O)cccc1C#N.CCc1cccc(OC)c1C(C)C(C)C. The van der Waals surface area contributed by atoms with Crippen molar-refractivity contribution in [2.75, 3.05) is 7.11 Å². The van der Waals surface area contributed by atoms with Gasteiger partial charge in [0.05, 0.1) is 18.7 Å². The highest BCUT2D eigenvalue weighted by Gasteiger charge is 2.17. The molecule has 0 fully saturated rings. The average molecular weight is 412 g/mol. The van der Waals surface area contributed by atoms with Gasteiger partial charge in [0.1, 0.15) is 11.5 Å². The minimum atomic E-state index is 0.230. The summed E-state index contributed by atoms with van der Waals surface area (Å²) in [6.07, 6.45) is 2.00. The van der Waals surface area contributed by atoms with Crippen molar-refractivity contribution in [3.63, 3.8) is 0 Å². The lowest BCUT2D eigenvalue weighted by Gasteiger charge is -2.22. The predicted octanol–water partition coefficient (Wildman–Crippen LogP) is 7.82. The molecule has 0 amide bonds. The second-order valence-electron chi connectivity index (χ2n) is 7.58. The summed E-state index contributed by atoms with van der Waals surface area (Å²) in [4.78, 5) is 0. The van der Waals surface area contributed by atoms with Crippen molar-refractivity contribution in [2.45, 2.75) is 80.1 Å². The van der Waals surface area contributed by atoms with Crippen LogP contribution in [0.4, 0.5) is 0 Å². The molecular weight excluding hydrogens is 370 g/mol. The molecule has 3 nitrogen and oxygen atoms in total. The smallest absolute Gasteiger partial charge is 0.122 e. The Kier molecular flexibility index (Phi) is 13.3. The molecule has 0 saturated carbocycles. The van der Waals surface area contributed by atoms with Crippen LogP contribution >= 0.6 is 0 Å². The number of aryl methyl sites for hydroxylation is 1. The summed E-state index contributed by atoms with van der Waals surface area (Å²) in [5, 5.41) is 18.4. The van der Waals surface area contributed by atoms with E-state index in [0.29, 0.717) is 17.4 Å². The first-order valence-electron chi connectivity index (χ1n) is 11.2. The normalized spacial score (nSPS) is 11.9. The summed E-state index contributed by atoms with van der Waals surface area (Å²) in [7, 11) is 1.76. The first kappa shape index (κ1) is 27.5. The number of hydrogen-bond donors (Lipinski definition) is 1. The van der Waals surface area contributed by atoms with Crippen molar-refractivity contribution >= 4 is 0 Å². The zero-order valence-electron chi connectivity index (χ0n) is 20.4. The quantitative estimate of drug-likeness (QED) is 0.527. The van der Waals surface area contributed by atoms with Crippen molar-refractivity contribution in [1.82, 2.24) is 0 Å². The number of aromatic hydroxyl groups is 1. The molecule has 2 aromatic carbocycles. The molecule has 0 aromatic heterocycles. The van der Waals surface area contributed by atoms with Gasteiger partial charge in [0.25, 0.3) is 0 Å². The van der Waals surface area contributed by atoms with Crippen molar-refractivity contribution in [3.05, 3.63) is 58.7 Å². The first-order chi connectivity index (χ1) is 14.3. The topological polar surface area (TPSA) is 53.2 Å². The molecule has 0 aliphatic rings. The summed E-state index contributed by atoms with van der Waals surface area (Å²) < 4.78 is 5.46. The summed E-state index contributed by atoms with van der Waals surface area (Å²) in [6, 6.07) is 13.5. The number of methoxy groups -OCH3 is 1. The molecule has 0 aliphatic carbocycles. The number of phenolic OH excluding ortho intramolecular Hbond substituents is 1. The van der Waals surface area contributed by atoms with Crippen LogP contribution in [-0.4, -0.2) is 12.2 Å². The molecule has 30 heavy (non-hydrogen) atoms. The molecule has 3 heteroatoms. The fourth-order valence-corrected chi connectivity index (χ4v) is 3.30. The molecule has 0 radical (unpaired) electrons. The van der Waals surface area contributed by atoms with Crippen molar-refractivity contribution < 1.29 is 9.84 Å². The molecule has 1 N–H and O–H groups in total. The molecule has 0 spiro atoms. The minimum absolute atomic E-state index is 0.230. The van der Waals surface area contributed by atoms with E-state index in [1.807, 2.05) is 27.7 Å². The Morgan fingerprint density at radius 3 is 2.03 bits per heavy atom. The van der Waals surface area contributed by atoms with E-state index >= 15 is 0 Å². The summed E-state index contributed by atoms with van der Waals surface area (Å²) >= 11 is 0. The zero-order valence-corrected chi connectivity index (χ0v) is 20.4. The van der Waals surface area contributed by atoms with E-state index in [0.717, 1.165) is 24.2 Å². The molecule has 2 atom stereocenters. The van der Waals surface area contributed by atoms with E-state index in [2.05, 4.69) is 52.0 Å². The molecule has 0 bridgehead atoms. The number of nitrogens with zero attached hydrogens (tertiary/aromatic N) is 1. The molecule has 166 valence electrons. The van der Waals surface area contributed by atoms with Gasteiger partial charge in [-0.3, -0.25) is 0 Å². The number of rotatable bonds is 6. The molecule has 0 saturated heterocycles. The monoisotopic (exact) mass is 411 g/mol. The predicted molar refractivity (Wildman–Crippen MR) is 129 cm³/mol. The second-order valence-corrected chi connectivity index (χ2v) is 7.58. The minimum Gasteiger partial charge on any atom is -0.508 e. The highest BCUT2D eigenvalue weighted by Crippen LogP contribution is 2.34. The van der Waals surface area contributed by atoms with E-state index in [-0.39, 0.29) is 11.7 Å². The molecule has 2 unspecified atom stereocenters. The highest BCUT2D eigenvalue weighted by molar-refractivity contribution is 5.47. The fraction of sp³-hybridized carbons (Fsp3) is 0.519. The maximum absolute atomic E-state index is 9.57. The maximum Gasteiger partial charge on any atom is 0.122 e. The zero-order chi connectivity index (χ0) is 23.3. The van der Waals surface area contributed by atoms with Crippen LogP contribution in [0.15, 0.2) is 36.4 Å². The lowest BCUT2D eigenvalue weighted by molar-refractivity contribution is 0.397. The van der Waals surface area contributed by atoms with E-state index in [4.69, 9.17) is 10.00 Å². The van der Waals surface area contributed by atoms with Gasteiger partial charge in [-0.25, -0.2) is 0 Å². The van der Waals surface area contributed by atoms with Gasteiger partial charge in [0.15, 0.2) is 0 Å². The van der Waals surface area contributed by atoms with Gasteiger partial charge in [0.2, 0.25) is 0 Å². The standard InChI is InChI=1S/C14H22O.C11H13NO.C2H6/c1-6-12-8-7-9-13(15-5)14(12)11(4)10(2)3;1-3-8(2)11-9(7-12)5-4-6-10(11)13;1-2/h7-11H,6H2,1-5H3;4-6,8,13H,3H2,1-2H3;1-2H3. The van der Waals surface area contributed by atoms with Gasteiger partial charge >= 0.3 is 0 Å². The van der Waals surface area contributed by atoms with E-state index in [1.165, 1.54) is 11.1 Å². The van der Waals surface area contributed by atoms with Crippen LogP contribution in [0, 0.1) is 17.2 Å². The Morgan fingerprint density at radius 2 is 1.57 bits per heavy atom. The fourth-order valence-electron chi connectivity index (χ4n) is 3.30. The summed E-state index contributed by atoms with van der Waals surface area (Å²) in [5.41, 5.74) is 4.15. The Balaban J connectivity index is 0.000000522. The van der Waals surface area contributed by atoms with Crippen molar-refractivity contribution in [2.24, 2.45) is 5.92 Å². The third-order valence-corrected chi connectivity index (χ3v) is 5.52. The van der Waals surface area contributed by atoms with Crippen LogP contribution in [-0.2, 0) is 6.42 Å². The summed E-state index contributed by atoms with van der Waals surface area (Å²) in [6.45, 7) is 17.0. The molecular formula is C27H41NO2. The molecule has 0 heterocycles. The highest BCUT2D eigenvalue weighted by atomic mass is 16.5. The maximum atomic E-state index is 9.57. The van der Waals surface area contributed by atoms with Crippen LogP contribution in [0.1, 0.15) is 95.9 Å². The lowest BCUT2D eigenvalue weighted by Crippen LogP contribution is -2.07. The van der Waals surface area contributed by atoms with Gasteiger partial charge in [-0.15, -0.1) is 0 Å².